The number of hydrogen-bond acceptors (Lipinski definition) is 1. The van der Waals surface area contributed by atoms with Crippen LogP contribution in [0.3, 0.4) is 0 Å². The topological polar surface area (TPSA) is 20.2 Å². The van der Waals surface area contributed by atoms with E-state index in [0.717, 1.165) is 41.8 Å². The Morgan fingerprint density at radius 3 is 2.65 bits per heavy atom. The van der Waals surface area contributed by atoms with Gasteiger partial charge in [-0.05, 0) is 92.4 Å². The van der Waals surface area contributed by atoms with Crippen LogP contribution in [0.25, 0.3) is 0 Å². The lowest BCUT2D eigenvalue weighted by Crippen LogP contribution is -2.46. The first-order valence-electron chi connectivity index (χ1n) is 8.96. The molecule has 0 saturated heterocycles. The minimum atomic E-state index is 0.690. The van der Waals surface area contributed by atoms with E-state index in [2.05, 4.69) is 13.8 Å². The maximum atomic E-state index is 10.1. The van der Waals surface area contributed by atoms with E-state index in [4.69, 9.17) is 0 Å². The normalized spacial score (nSPS) is 51.4. The highest BCUT2D eigenvalue weighted by atomic mass is 16.3. The highest BCUT2D eigenvalue weighted by molar-refractivity contribution is 5.14. The second-order valence-corrected chi connectivity index (χ2v) is 8.66. The number of allylic oxidation sites excluding steroid dienone is 2. The third kappa shape index (κ3) is 1.81. The lowest BCUT2D eigenvalue weighted by Gasteiger charge is -2.54. The van der Waals surface area contributed by atoms with Crippen LogP contribution < -0.4 is 0 Å². The Morgan fingerprint density at radius 2 is 1.80 bits per heavy atom. The summed E-state index contributed by atoms with van der Waals surface area (Å²) in [7, 11) is 0. The minimum absolute atomic E-state index is 0.690. The quantitative estimate of drug-likeness (QED) is 0.621. The van der Waals surface area contributed by atoms with Crippen LogP contribution in [0.1, 0.15) is 71.6 Å². The Hall–Kier alpha value is -0.460. The number of fused-ring (bicyclic) bond motifs is 5. The summed E-state index contributed by atoms with van der Waals surface area (Å²) in [6.07, 6.45) is 12.5. The van der Waals surface area contributed by atoms with Crippen LogP contribution in [0.5, 0.6) is 0 Å². The highest BCUT2D eigenvalue weighted by Crippen LogP contribution is 2.62. The molecule has 4 aliphatic carbocycles. The second kappa shape index (κ2) is 4.52. The predicted octanol–water partition coefficient (Wildman–Crippen LogP) is 5.47. The van der Waals surface area contributed by atoms with Gasteiger partial charge >= 0.3 is 0 Å². The van der Waals surface area contributed by atoms with Gasteiger partial charge in [-0.15, -0.1) is 0 Å². The zero-order valence-electron chi connectivity index (χ0n) is 13.2. The molecule has 20 heavy (non-hydrogen) atoms. The maximum Gasteiger partial charge on any atom is 0.0914 e. The van der Waals surface area contributed by atoms with Crippen molar-refractivity contribution in [2.24, 2.45) is 35.0 Å². The van der Waals surface area contributed by atoms with Gasteiger partial charge in [-0.1, -0.05) is 13.3 Å². The van der Waals surface area contributed by atoms with E-state index in [1.807, 2.05) is 0 Å². The van der Waals surface area contributed by atoms with Gasteiger partial charge in [0.2, 0.25) is 0 Å². The predicted molar refractivity (Wildman–Crippen MR) is 82.4 cm³/mol. The van der Waals surface area contributed by atoms with Crippen molar-refractivity contribution in [2.45, 2.75) is 71.6 Å². The smallest absolute Gasteiger partial charge is 0.0914 e. The van der Waals surface area contributed by atoms with Gasteiger partial charge in [-0.25, -0.2) is 0 Å². The molecule has 1 N–H and O–H groups in total. The van der Waals surface area contributed by atoms with E-state index in [1.165, 1.54) is 56.9 Å². The Balaban J connectivity index is 1.60. The van der Waals surface area contributed by atoms with Crippen molar-refractivity contribution >= 4 is 0 Å². The molecular formula is C19H30O. The van der Waals surface area contributed by atoms with Crippen molar-refractivity contribution in [3.63, 3.8) is 0 Å². The third-order valence-electron chi connectivity index (χ3n) is 7.79. The molecule has 0 aromatic heterocycles. The van der Waals surface area contributed by atoms with Crippen molar-refractivity contribution < 1.29 is 5.11 Å². The molecule has 0 bridgehead atoms. The van der Waals surface area contributed by atoms with Crippen LogP contribution >= 0.6 is 0 Å². The van der Waals surface area contributed by atoms with E-state index in [1.54, 1.807) is 0 Å². The van der Waals surface area contributed by atoms with E-state index in [0.29, 0.717) is 5.41 Å². The van der Waals surface area contributed by atoms with Crippen molar-refractivity contribution in [1.29, 1.82) is 0 Å². The van der Waals surface area contributed by atoms with Crippen LogP contribution in [0.15, 0.2) is 11.3 Å². The van der Waals surface area contributed by atoms with Crippen molar-refractivity contribution in [1.82, 2.24) is 0 Å². The van der Waals surface area contributed by atoms with Crippen molar-refractivity contribution in [3.05, 3.63) is 11.3 Å². The monoisotopic (exact) mass is 274 g/mol. The molecule has 1 nitrogen and oxygen atoms in total. The summed E-state index contributed by atoms with van der Waals surface area (Å²) in [5.41, 5.74) is 1.99. The lowest BCUT2D eigenvalue weighted by molar-refractivity contribution is -0.0421. The van der Waals surface area contributed by atoms with Gasteiger partial charge in [0.15, 0.2) is 0 Å². The van der Waals surface area contributed by atoms with E-state index < -0.39 is 0 Å². The molecule has 1 heteroatoms. The molecule has 1 unspecified atom stereocenters. The summed E-state index contributed by atoms with van der Waals surface area (Å²) >= 11 is 0. The lowest BCUT2D eigenvalue weighted by atomic mass is 9.51. The summed E-state index contributed by atoms with van der Waals surface area (Å²) in [5, 5.41) is 10.1. The Kier molecular flexibility index (Phi) is 2.98. The van der Waals surface area contributed by atoms with Crippen LogP contribution in [0.4, 0.5) is 0 Å². The first kappa shape index (κ1) is 13.2. The SMILES string of the molecule is CC1=C(O)CC2CC[C@@H]3[C@H](CC[C@]4(C)CCC[C@@H]34)[C@H]2C1. The first-order chi connectivity index (χ1) is 9.58. The summed E-state index contributed by atoms with van der Waals surface area (Å²) in [6, 6.07) is 0. The third-order valence-corrected chi connectivity index (χ3v) is 7.79. The minimum Gasteiger partial charge on any atom is -0.512 e. The van der Waals surface area contributed by atoms with E-state index in [9.17, 15) is 5.11 Å². The first-order valence-corrected chi connectivity index (χ1v) is 8.96. The molecule has 0 heterocycles. The van der Waals surface area contributed by atoms with E-state index in [-0.39, 0.29) is 0 Å². The number of hydrogen-bond donors (Lipinski definition) is 1. The molecule has 0 radical (unpaired) electrons. The van der Waals surface area contributed by atoms with Crippen molar-refractivity contribution in [2.75, 3.05) is 0 Å². The zero-order chi connectivity index (χ0) is 13.9. The van der Waals surface area contributed by atoms with Crippen LogP contribution in [0.2, 0.25) is 0 Å². The molecule has 0 spiro atoms. The molecule has 3 saturated carbocycles. The Bertz CT molecular complexity index is 437. The molecule has 0 aromatic carbocycles. The molecule has 4 aliphatic rings. The fraction of sp³-hybridized carbons (Fsp3) is 0.895. The number of aliphatic hydroxyl groups is 1. The number of aliphatic hydroxyl groups excluding tert-OH is 1. The van der Waals surface area contributed by atoms with Crippen molar-refractivity contribution in [3.8, 4) is 0 Å². The summed E-state index contributed by atoms with van der Waals surface area (Å²) < 4.78 is 0. The summed E-state index contributed by atoms with van der Waals surface area (Å²) in [6.45, 7) is 4.75. The highest BCUT2D eigenvalue weighted by Gasteiger charge is 2.53. The molecular weight excluding hydrogens is 244 g/mol. The average molecular weight is 274 g/mol. The second-order valence-electron chi connectivity index (χ2n) is 8.66. The van der Waals surface area contributed by atoms with Gasteiger partial charge in [0.05, 0.1) is 5.76 Å². The zero-order valence-corrected chi connectivity index (χ0v) is 13.2. The molecule has 3 fully saturated rings. The maximum absolute atomic E-state index is 10.1. The van der Waals surface area contributed by atoms with Gasteiger partial charge in [-0.3, -0.25) is 0 Å². The Labute approximate surface area is 123 Å². The average Bonchev–Trinajstić information content (AvgIpc) is 2.82. The van der Waals surface area contributed by atoms with Gasteiger partial charge in [0.25, 0.3) is 0 Å². The fourth-order valence-corrected chi connectivity index (χ4v) is 6.69. The molecule has 0 aromatic rings. The summed E-state index contributed by atoms with van der Waals surface area (Å²) in [4.78, 5) is 0. The molecule has 4 rings (SSSR count). The standard InChI is InChI=1S/C19H30O/c1-12-10-16-13(11-18(12)20)5-6-15-14(16)7-9-19(2)8-3-4-17(15)19/h13-17,20H,3-11H2,1-2H3/t13?,14-,15+,16-,17-,19-/m0/s1. The van der Waals surface area contributed by atoms with Crippen LogP contribution in [-0.4, -0.2) is 5.11 Å². The molecule has 112 valence electrons. The number of rotatable bonds is 0. The van der Waals surface area contributed by atoms with Crippen LogP contribution in [0, 0.1) is 35.0 Å². The van der Waals surface area contributed by atoms with E-state index >= 15 is 0 Å². The largest absolute Gasteiger partial charge is 0.512 e. The fourth-order valence-electron chi connectivity index (χ4n) is 6.69. The molecule has 0 amide bonds. The van der Waals surface area contributed by atoms with Gasteiger partial charge in [0.1, 0.15) is 0 Å². The molecule has 0 aliphatic heterocycles. The van der Waals surface area contributed by atoms with Gasteiger partial charge in [-0.2, -0.15) is 0 Å². The molecule has 6 atom stereocenters. The summed E-state index contributed by atoms with van der Waals surface area (Å²) in [5.74, 6) is 5.45. The van der Waals surface area contributed by atoms with Gasteiger partial charge in [0, 0.05) is 6.42 Å². The Morgan fingerprint density at radius 1 is 0.950 bits per heavy atom. The van der Waals surface area contributed by atoms with Crippen LogP contribution in [-0.2, 0) is 0 Å². The van der Waals surface area contributed by atoms with Gasteiger partial charge < -0.3 is 5.11 Å².